The van der Waals surface area contributed by atoms with E-state index in [1.165, 1.54) is 29.8 Å². The fourth-order valence-corrected chi connectivity index (χ4v) is 5.76. The van der Waals surface area contributed by atoms with Gasteiger partial charge in [0.05, 0.1) is 4.92 Å². The van der Waals surface area contributed by atoms with Crippen LogP contribution in [0.3, 0.4) is 0 Å². The molecular formula is C27H33NO7. The molecule has 1 fully saturated rings. The van der Waals surface area contributed by atoms with E-state index in [4.69, 9.17) is 14.2 Å². The van der Waals surface area contributed by atoms with E-state index in [0.29, 0.717) is 24.7 Å². The number of nitro benzene ring substituents is 1. The van der Waals surface area contributed by atoms with Crippen LogP contribution in [0.15, 0.2) is 48.1 Å². The molecule has 0 N–H and O–H groups in total. The Bertz CT molecular complexity index is 1010. The van der Waals surface area contributed by atoms with Crippen LogP contribution in [-0.2, 0) is 14.3 Å². The molecule has 1 saturated heterocycles. The Morgan fingerprint density at radius 3 is 2.57 bits per heavy atom. The van der Waals surface area contributed by atoms with Crippen molar-refractivity contribution in [2.75, 3.05) is 0 Å². The van der Waals surface area contributed by atoms with E-state index in [-0.39, 0.29) is 47.4 Å². The second-order valence-corrected chi connectivity index (χ2v) is 10.3. The smallest absolute Gasteiger partial charge is 0.462 e. The molecule has 1 aromatic carbocycles. The van der Waals surface area contributed by atoms with Crippen molar-refractivity contribution in [3.63, 3.8) is 0 Å². The van der Waals surface area contributed by atoms with Gasteiger partial charge < -0.3 is 14.2 Å². The van der Waals surface area contributed by atoms with Crippen molar-refractivity contribution in [1.29, 1.82) is 0 Å². The van der Waals surface area contributed by atoms with Crippen LogP contribution in [0, 0.1) is 39.7 Å². The monoisotopic (exact) mass is 483 g/mol. The Morgan fingerprint density at radius 2 is 1.89 bits per heavy atom. The number of cyclic esters (lactones) is 1. The zero-order valence-electron chi connectivity index (χ0n) is 20.4. The average molecular weight is 484 g/mol. The number of nitro groups is 1. The standard InChI is InChI=1S/C27H33NO7/c1-16-12-19-5-4-18(3)23(11-10-22-13-17(2)15-25(29)33-22)26(19)24(14-16)35-27(30)34-21-8-6-20(7-9-21)28(31)32/h4-9,12,16-18,22-24,26H,10-11,13-15H2,1-3H3/t16-,17+,18-,22+,23-,24-,26-/m0/s1. The van der Waals surface area contributed by atoms with Crippen LogP contribution in [0.4, 0.5) is 10.5 Å². The van der Waals surface area contributed by atoms with Gasteiger partial charge in [-0.3, -0.25) is 14.9 Å². The summed E-state index contributed by atoms with van der Waals surface area (Å²) in [6.07, 6.45) is 9.10. The largest absolute Gasteiger partial charge is 0.514 e. The molecule has 0 radical (unpaired) electrons. The molecule has 0 bridgehead atoms. The van der Waals surface area contributed by atoms with Crippen molar-refractivity contribution in [2.45, 2.75) is 65.1 Å². The highest BCUT2D eigenvalue weighted by molar-refractivity contribution is 5.70. The Labute approximate surface area is 205 Å². The molecule has 4 rings (SSSR count). The van der Waals surface area contributed by atoms with E-state index >= 15 is 0 Å². The molecule has 0 spiro atoms. The summed E-state index contributed by atoms with van der Waals surface area (Å²) < 4.78 is 16.8. The SMILES string of the molecule is C[C@H]1CC(=O)O[C@H](CC[C@@H]2[C@@H]3C(=C[C@H](C)C[C@@H]3OC(=O)Oc3ccc([N+](=O)[O-])cc3)C=C[C@@H]2C)C1. The number of rotatable bonds is 6. The molecule has 0 unspecified atom stereocenters. The number of non-ortho nitro benzene ring substituents is 1. The summed E-state index contributed by atoms with van der Waals surface area (Å²) in [4.78, 5) is 34.9. The minimum absolute atomic E-state index is 0.0346. The molecule has 188 valence electrons. The van der Waals surface area contributed by atoms with Crippen LogP contribution in [0.1, 0.15) is 52.9 Å². The number of esters is 1. The summed E-state index contributed by atoms with van der Waals surface area (Å²) in [5.41, 5.74) is 1.10. The number of hydrogen-bond donors (Lipinski definition) is 0. The maximum atomic E-state index is 12.7. The second-order valence-electron chi connectivity index (χ2n) is 10.3. The molecule has 1 heterocycles. The summed E-state index contributed by atoms with van der Waals surface area (Å²) in [7, 11) is 0. The fourth-order valence-electron chi connectivity index (χ4n) is 5.76. The van der Waals surface area contributed by atoms with Crippen LogP contribution in [0.25, 0.3) is 0 Å². The summed E-state index contributed by atoms with van der Waals surface area (Å²) in [6.45, 7) is 6.37. The number of carbonyl (C=O) groups excluding carboxylic acids is 2. The van der Waals surface area contributed by atoms with E-state index in [1.807, 2.05) is 0 Å². The first-order chi connectivity index (χ1) is 16.7. The number of carbonyl (C=O) groups is 2. The molecule has 35 heavy (non-hydrogen) atoms. The lowest BCUT2D eigenvalue weighted by Crippen LogP contribution is -2.41. The Morgan fingerprint density at radius 1 is 1.14 bits per heavy atom. The molecule has 0 aromatic heterocycles. The number of ether oxygens (including phenoxy) is 3. The topological polar surface area (TPSA) is 105 Å². The normalized spacial score (nSPS) is 32.1. The van der Waals surface area contributed by atoms with Gasteiger partial charge in [-0.25, -0.2) is 4.79 Å². The van der Waals surface area contributed by atoms with Gasteiger partial charge in [0.25, 0.3) is 5.69 Å². The molecule has 2 aliphatic carbocycles. The molecule has 1 aliphatic heterocycles. The molecule has 1 aromatic rings. The highest BCUT2D eigenvalue weighted by Gasteiger charge is 2.42. The number of hydrogen-bond acceptors (Lipinski definition) is 7. The predicted octanol–water partition coefficient (Wildman–Crippen LogP) is 6.01. The number of allylic oxidation sites excluding steroid dienone is 3. The minimum atomic E-state index is -0.812. The van der Waals surface area contributed by atoms with Gasteiger partial charge >= 0.3 is 12.1 Å². The molecule has 0 amide bonds. The van der Waals surface area contributed by atoms with Crippen LogP contribution in [0.5, 0.6) is 5.75 Å². The van der Waals surface area contributed by atoms with E-state index in [1.54, 1.807) is 0 Å². The fraction of sp³-hybridized carbons (Fsp3) is 0.556. The van der Waals surface area contributed by atoms with Crippen molar-refractivity contribution >= 4 is 17.8 Å². The highest BCUT2D eigenvalue weighted by atomic mass is 16.7. The van der Waals surface area contributed by atoms with Crippen molar-refractivity contribution in [2.24, 2.45) is 29.6 Å². The van der Waals surface area contributed by atoms with Crippen LogP contribution < -0.4 is 4.74 Å². The van der Waals surface area contributed by atoms with Gasteiger partial charge in [-0.1, -0.05) is 39.0 Å². The van der Waals surface area contributed by atoms with Crippen LogP contribution >= 0.6 is 0 Å². The zero-order chi connectivity index (χ0) is 25.1. The zero-order valence-corrected chi connectivity index (χ0v) is 20.4. The predicted molar refractivity (Wildman–Crippen MR) is 129 cm³/mol. The molecule has 7 atom stereocenters. The summed E-state index contributed by atoms with van der Waals surface area (Å²) >= 11 is 0. The minimum Gasteiger partial charge on any atom is -0.462 e. The Balaban J connectivity index is 1.45. The third-order valence-corrected chi connectivity index (χ3v) is 7.39. The van der Waals surface area contributed by atoms with E-state index < -0.39 is 11.1 Å². The molecular weight excluding hydrogens is 450 g/mol. The highest BCUT2D eigenvalue weighted by Crippen LogP contribution is 2.45. The number of benzene rings is 1. The van der Waals surface area contributed by atoms with Gasteiger partial charge in [0, 0.05) is 24.5 Å². The molecule has 0 saturated carbocycles. The first-order valence-electron chi connectivity index (χ1n) is 12.4. The summed E-state index contributed by atoms with van der Waals surface area (Å²) in [5.74, 6) is 1.23. The van der Waals surface area contributed by atoms with E-state index in [0.717, 1.165) is 19.3 Å². The van der Waals surface area contributed by atoms with Gasteiger partial charge in [-0.05, 0) is 67.1 Å². The third kappa shape index (κ3) is 6.10. The lowest BCUT2D eigenvalue weighted by atomic mass is 9.65. The van der Waals surface area contributed by atoms with Crippen molar-refractivity contribution in [1.82, 2.24) is 0 Å². The maximum Gasteiger partial charge on any atom is 0.514 e. The second kappa shape index (κ2) is 10.6. The third-order valence-electron chi connectivity index (χ3n) is 7.39. The molecule has 8 heteroatoms. The lowest BCUT2D eigenvalue weighted by Gasteiger charge is -2.43. The Kier molecular flexibility index (Phi) is 7.57. The maximum absolute atomic E-state index is 12.7. The summed E-state index contributed by atoms with van der Waals surface area (Å²) in [6, 6.07) is 5.34. The van der Waals surface area contributed by atoms with Crippen LogP contribution in [-0.4, -0.2) is 29.3 Å². The van der Waals surface area contributed by atoms with E-state index in [9.17, 15) is 19.7 Å². The Hall–Kier alpha value is -3.16. The summed E-state index contributed by atoms with van der Waals surface area (Å²) in [5, 5.41) is 10.8. The molecule has 8 nitrogen and oxygen atoms in total. The number of fused-ring (bicyclic) bond motifs is 1. The molecule has 3 aliphatic rings. The van der Waals surface area contributed by atoms with Crippen LogP contribution in [0.2, 0.25) is 0 Å². The van der Waals surface area contributed by atoms with Gasteiger partial charge in [-0.2, -0.15) is 0 Å². The van der Waals surface area contributed by atoms with Gasteiger partial charge in [0.2, 0.25) is 0 Å². The van der Waals surface area contributed by atoms with Gasteiger partial charge in [-0.15, -0.1) is 0 Å². The van der Waals surface area contributed by atoms with Crippen molar-refractivity contribution in [3.05, 3.63) is 58.2 Å². The lowest BCUT2D eigenvalue weighted by molar-refractivity contribution is -0.384. The van der Waals surface area contributed by atoms with Gasteiger partial charge in [0.15, 0.2) is 0 Å². The van der Waals surface area contributed by atoms with E-state index in [2.05, 4.69) is 39.0 Å². The average Bonchev–Trinajstić information content (AvgIpc) is 2.78. The quantitative estimate of drug-likeness (QED) is 0.211. The number of nitrogens with zero attached hydrogens (tertiary/aromatic N) is 1. The first-order valence-corrected chi connectivity index (χ1v) is 12.4. The van der Waals surface area contributed by atoms with Gasteiger partial charge in [0.1, 0.15) is 18.0 Å². The van der Waals surface area contributed by atoms with Crippen molar-refractivity contribution in [3.8, 4) is 5.75 Å². The first kappa shape index (κ1) is 24.9. The van der Waals surface area contributed by atoms with Crippen molar-refractivity contribution < 1.29 is 28.7 Å².